The molecule has 1 aliphatic carbocycles. The Bertz CT molecular complexity index is 397. The number of hydrogen-bond donors (Lipinski definition) is 1. The van der Waals surface area contributed by atoms with Crippen LogP contribution < -0.4 is 5.32 Å². The second kappa shape index (κ2) is 8.11. The molecule has 0 radical (unpaired) electrons. The van der Waals surface area contributed by atoms with Gasteiger partial charge in [-0.05, 0) is 31.7 Å². The molecule has 1 aliphatic rings. The molecule has 1 saturated carbocycles. The minimum atomic E-state index is 0.642. The summed E-state index contributed by atoms with van der Waals surface area (Å²) in [4.78, 5) is 6.25. The Morgan fingerprint density at radius 2 is 2.05 bits per heavy atom. The molecule has 114 valence electrons. The van der Waals surface area contributed by atoms with Crippen molar-refractivity contribution < 1.29 is 4.74 Å². The quantitative estimate of drug-likeness (QED) is 0.770. The number of hydrogen-bond acceptors (Lipinski definition) is 4. The molecule has 0 aromatic carbocycles. The Kier molecular flexibility index (Phi) is 6.46. The van der Waals surface area contributed by atoms with E-state index in [1.165, 1.54) is 42.0 Å². The molecule has 2 rings (SSSR count). The fourth-order valence-electron chi connectivity index (χ4n) is 2.85. The molecule has 0 bridgehead atoms. The summed E-state index contributed by atoms with van der Waals surface area (Å²) >= 11 is 1.90. The third kappa shape index (κ3) is 4.27. The third-order valence-electron chi connectivity index (χ3n) is 4.15. The van der Waals surface area contributed by atoms with Gasteiger partial charge in [-0.2, -0.15) is 0 Å². The zero-order valence-electron chi connectivity index (χ0n) is 13.1. The molecule has 0 spiro atoms. The standard InChI is InChI=1S/C16H28N2OS/c1-4-9-17-10-15-14(11-19-3)18-16(20-15)13-7-5-12(2)6-8-13/h12-13,17H,4-11H2,1-3H3. The van der Waals surface area contributed by atoms with Gasteiger partial charge in [0.1, 0.15) is 0 Å². The van der Waals surface area contributed by atoms with Gasteiger partial charge in [-0.15, -0.1) is 11.3 Å². The van der Waals surface area contributed by atoms with Crippen LogP contribution in [0.4, 0.5) is 0 Å². The van der Waals surface area contributed by atoms with Crippen molar-refractivity contribution in [3.8, 4) is 0 Å². The molecule has 0 aliphatic heterocycles. The number of nitrogens with one attached hydrogen (secondary N) is 1. The number of aromatic nitrogens is 1. The molecule has 0 unspecified atom stereocenters. The Labute approximate surface area is 127 Å². The van der Waals surface area contributed by atoms with E-state index in [-0.39, 0.29) is 0 Å². The summed E-state index contributed by atoms with van der Waals surface area (Å²) in [6.07, 6.45) is 6.50. The van der Waals surface area contributed by atoms with Crippen molar-refractivity contribution in [2.45, 2.75) is 65.0 Å². The van der Waals surface area contributed by atoms with Crippen molar-refractivity contribution in [3.05, 3.63) is 15.6 Å². The van der Waals surface area contributed by atoms with Gasteiger partial charge in [0.15, 0.2) is 0 Å². The van der Waals surface area contributed by atoms with Crippen LogP contribution in [0.3, 0.4) is 0 Å². The van der Waals surface area contributed by atoms with E-state index in [4.69, 9.17) is 9.72 Å². The highest BCUT2D eigenvalue weighted by Crippen LogP contribution is 2.38. The minimum Gasteiger partial charge on any atom is -0.378 e. The van der Waals surface area contributed by atoms with E-state index in [1.807, 2.05) is 11.3 Å². The molecule has 0 amide bonds. The average Bonchev–Trinajstić information content (AvgIpc) is 2.84. The highest BCUT2D eigenvalue weighted by atomic mass is 32.1. The van der Waals surface area contributed by atoms with Crippen LogP contribution in [-0.2, 0) is 17.9 Å². The molecule has 4 heteroatoms. The number of nitrogens with zero attached hydrogens (tertiary/aromatic N) is 1. The van der Waals surface area contributed by atoms with Gasteiger partial charge in [-0.3, -0.25) is 0 Å². The van der Waals surface area contributed by atoms with Gasteiger partial charge < -0.3 is 10.1 Å². The molecule has 20 heavy (non-hydrogen) atoms. The SMILES string of the molecule is CCCNCc1sc(C2CCC(C)CC2)nc1COC. The lowest BCUT2D eigenvalue weighted by Crippen LogP contribution is -2.14. The van der Waals surface area contributed by atoms with Gasteiger partial charge >= 0.3 is 0 Å². The molecule has 1 aromatic heterocycles. The molecule has 1 fully saturated rings. The Morgan fingerprint density at radius 1 is 1.30 bits per heavy atom. The number of methoxy groups -OCH3 is 1. The lowest BCUT2D eigenvalue weighted by Gasteiger charge is -2.24. The van der Waals surface area contributed by atoms with Crippen molar-refractivity contribution in [2.24, 2.45) is 5.92 Å². The maximum atomic E-state index is 5.31. The summed E-state index contributed by atoms with van der Waals surface area (Å²) in [5.74, 6) is 1.59. The van der Waals surface area contributed by atoms with Gasteiger partial charge in [-0.1, -0.05) is 26.7 Å². The molecule has 1 aromatic rings. The topological polar surface area (TPSA) is 34.2 Å². The van der Waals surface area contributed by atoms with Crippen LogP contribution in [0.5, 0.6) is 0 Å². The van der Waals surface area contributed by atoms with E-state index in [9.17, 15) is 0 Å². The maximum Gasteiger partial charge on any atom is 0.0963 e. The van der Waals surface area contributed by atoms with E-state index >= 15 is 0 Å². The van der Waals surface area contributed by atoms with Gasteiger partial charge in [0, 0.05) is 24.4 Å². The number of rotatable bonds is 7. The van der Waals surface area contributed by atoms with E-state index < -0.39 is 0 Å². The monoisotopic (exact) mass is 296 g/mol. The molecule has 0 atom stereocenters. The van der Waals surface area contributed by atoms with Crippen LogP contribution in [0, 0.1) is 5.92 Å². The first kappa shape index (κ1) is 15.9. The summed E-state index contributed by atoms with van der Waals surface area (Å²) < 4.78 is 5.31. The lowest BCUT2D eigenvalue weighted by molar-refractivity contribution is 0.181. The van der Waals surface area contributed by atoms with Crippen molar-refractivity contribution in [1.82, 2.24) is 10.3 Å². The lowest BCUT2D eigenvalue weighted by atomic mass is 9.83. The minimum absolute atomic E-state index is 0.642. The number of thiazole rings is 1. The van der Waals surface area contributed by atoms with Gasteiger partial charge in [0.25, 0.3) is 0 Å². The highest BCUT2D eigenvalue weighted by Gasteiger charge is 2.23. The van der Waals surface area contributed by atoms with Gasteiger partial charge in [0.2, 0.25) is 0 Å². The second-order valence-corrected chi connectivity index (χ2v) is 7.10. The Balaban J connectivity index is 2.03. The Hall–Kier alpha value is -0.450. The first-order valence-corrected chi connectivity index (χ1v) is 8.74. The maximum absolute atomic E-state index is 5.31. The summed E-state index contributed by atoms with van der Waals surface area (Å²) in [7, 11) is 1.75. The van der Waals surface area contributed by atoms with Crippen LogP contribution in [-0.4, -0.2) is 18.6 Å². The fraction of sp³-hybridized carbons (Fsp3) is 0.812. The van der Waals surface area contributed by atoms with Gasteiger partial charge in [0.05, 0.1) is 17.3 Å². The van der Waals surface area contributed by atoms with Crippen molar-refractivity contribution in [1.29, 1.82) is 0 Å². The average molecular weight is 296 g/mol. The highest BCUT2D eigenvalue weighted by molar-refractivity contribution is 7.11. The van der Waals surface area contributed by atoms with Crippen LogP contribution in [0.2, 0.25) is 0 Å². The summed E-state index contributed by atoms with van der Waals surface area (Å²) in [6.45, 7) is 7.22. The predicted octanol–water partition coefficient (Wildman–Crippen LogP) is 4.08. The molecular weight excluding hydrogens is 268 g/mol. The van der Waals surface area contributed by atoms with Crippen LogP contribution in [0.1, 0.15) is 67.4 Å². The van der Waals surface area contributed by atoms with E-state index in [0.29, 0.717) is 12.5 Å². The predicted molar refractivity (Wildman–Crippen MR) is 85.2 cm³/mol. The van der Waals surface area contributed by atoms with Crippen molar-refractivity contribution in [2.75, 3.05) is 13.7 Å². The van der Waals surface area contributed by atoms with Crippen LogP contribution >= 0.6 is 11.3 Å². The summed E-state index contributed by atoms with van der Waals surface area (Å²) in [5.41, 5.74) is 1.15. The van der Waals surface area contributed by atoms with E-state index in [0.717, 1.165) is 24.7 Å². The van der Waals surface area contributed by atoms with Crippen LogP contribution in [0.25, 0.3) is 0 Å². The molecule has 0 saturated heterocycles. The Morgan fingerprint density at radius 3 is 2.70 bits per heavy atom. The van der Waals surface area contributed by atoms with E-state index in [1.54, 1.807) is 7.11 Å². The third-order valence-corrected chi connectivity index (χ3v) is 5.41. The van der Waals surface area contributed by atoms with Crippen molar-refractivity contribution in [3.63, 3.8) is 0 Å². The van der Waals surface area contributed by atoms with Crippen molar-refractivity contribution >= 4 is 11.3 Å². The first-order chi connectivity index (χ1) is 9.74. The molecule has 3 nitrogen and oxygen atoms in total. The molecule has 1 N–H and O–H groups in total. The summed E-state index contributed by atoms with van der Waals surface area (Å²) in [6, 6.07) is 0. The van der Waals surface area contributed by atoms with Crippen LogP contribution in [0.15, 0.2) is 0 Å². The fourth-order valence-corrected chi connectivity index (χ4v) is 4.06. The summed E-state index contributed by atoms with van der Waals surface area (Å²) in [5, 5.41) is 4.83. The smallest absolute Gasteiger partial charge is 0.0963 e. The van der Waals surface area contributed by atoms with E-state index in [2.05, 4.69) is 19.2 Å². The zero-order valence-corrected chi connectivity index (χ0v) is 13.9. The number of ether oxygens (including phenoxy) is 1. The second-order valence-electron chi connectivity index (χ2n) is 5.99. The zero-order chi connectivity index (χ0) is 14.4. The molecular formula is C16H28N2OS. The molecule has 1 heterocycles. The first-order valence-electron chi connectivity index (χ1n) is 7.92. The van der Waals surface area contributed by atoms with Gasteiger partial charge in [-0.25, -0.2) is 4.98 Å². The normalized spacial score (nSPS) is 23.1. The largest absolute Gasteiger partial charge is 0.378 e.